The average Bonchev–Trinajstić information content (AvgIpc) is 3.39. The van der Waals surface area contributed by atoms with Gasteiger partial charge in [0, 0.05) is 37.9 Å². The van der Waals surface area contributed by atoms with Crippen molar-refractivity contribution < 1.29 is 18.7 Å². The number of nitrogens with zero attached hydrogens (tertiary/aromatic N) is 3. The number of carbonyl (C=O) groups excluding carboxylic acids is 1. The Bertz CT molecular complexity index is 1190. The van der Waals surface area contributed by atoms with E-state index in [0.29, 0.717) is 18.1 Å². The lowest BCUT2D eigenvalue weighted by Gasteiger charge is -2.54. The summed E-state index contributed by atoms with van der Waals surface area (Å²) in [7, 11) is 2.17. The molecule has 39 heavy (non-hydrogen) atoms. The fourth-order valence-electron chi connectivity index (χ4n) is 7.61. The van der Waals surface area contributed by atoms with Crippen LogP contribution in [-0.2, 0) is 21.5 Å². The van der Waals surface area contributed by atoms with Gasteiger partial charge in [0.2, 0.25) is 0 Å². The largest absolute Gasteiger partial charge is 0.494 e. The van der Waals surface area contributed by atoms with Crippen molar-refractivity contribution >= 4 is 5.97 Å². The third-order valence-corrected chi connectivity index (χ3v) is 9.16. The zero-order chi connectivity index (χ0) is 27.4. The summed E-state index contributed by atoms with van der Waals surface area (Å²) in [4.78, 5) is 16.9. The van der Waals surface area contributed by atoms with Crippen LogP contribution in [0.25, 0.3) is 0 Å². The Morgan fingerprint density at radius 3 is 2.62 bits per heavy atom. The van der Waals surface area contributed by atoms with Crippen molar-refractivity contribution in [3.05, 3.63) is 65.0 Å². The first-order valence-corrected chi connectivity index (χ1v) is 14.4. The number of likely N-dealkylation sites (N-methyl/N-ethyl adjacent to an activating group) is 1. The summed E-state index contributed by atoms with van der Waals surface area (Å²) < 4.78 is 26.6. The molecular weight excluding hydrogens is 493 g/mol. The van der Waals surface area contributed by atoms with E-state index in [1.54, 1.807) is 24.3 Å². The van der Waals surface area contributed by atoms with Gasteiger partial charge in [-0.1, -0.05) is 6.07 Å². The average molecular weight is 534 g/mol. The second-order valence-electron chi connectivity index (χ2n) is 11.7. The van der Waals surface area contributed by atoms with E-state index in [-0.39, 0.29) is 29.2 Å². The van der Waals surface area contributed by atoms with Gasteiger partial charge in [-0.3, -0.25) is 4.79 Å². The zero-order valence-corrected chi connectivity index (χ0v) is 23.2. The van der Waals surface area contributed by atoms with Crippen LogP contribution >= 0.6 is 0 Å². The van der Waals surface area contributed by atoms with Crippen LogP contribution in [0.3, 0.4) is 0 Å². The molecule has 2 aromatic rings. The van der Waals surface area contributed by atoms with Crippen LogP contribution in [-0.4, -0.2) is 61.7 Å². The number of likely N-dealkylation sites (tertiary alicyclic amines) is 1. The summed E-state index contributed by atoms with van der Waals surface area (Å²) in [6.07, 6.45) is 5.85. The Morgan fingerprint density at radius 1 is 1.13 bits per heavy atom. The number of hydrogen-bond acceptors (Lipinski definition) is 6. The second kappa shape index (κ2) is 12.1. The van der Waals surface area contributed by atoms with E-state index in [1.165, 1.54) is 12.5 Å². The first-order chi connectivity index (χ1) is 18.9. The molecular formula is C32H40FN3O3. The van der Waals surface area contributed by atoms with Gasteiger partial charge in [-0.15, -0.1) is 0 Å². The van der Waals surface area contributed by atoms with Crippen molar-refractivity contribution in [2.24, 2.45) is 11.8 Å². The van der Waals surface area contributed by atoms with Crippen molar-refractivity contribution in [2.45, 2.75) is 63.5 Å². The van der Waals surface area contributed by atoms with Gasteiger partial charge >= 0.3 is 5.97 Å². The van der Waals surface area contributed by atoms with Crippen molar-refractivity contribution in [1.29, 1.82) is 5.26 Å². The molecule has 0 aromatic heterocycles. The zero-order valence-electron chi connectivity index (χ0n) is 23.2. The van der Waals surface area contributed by atoms with Crippen LogP contribution in [0.4, 0.5) is 4.39 Å². The number of piperidine rings is 1. The van der Waals surface area contributed by atoms with Gasteiger partial charge in [-0.25, -0.2) is 4.39 Å². The smallest absolute Gasteiger partial charge is 0.302 e. The molecule has 2 aromatic carbocycles. The van der Waals surface area contributed by atoms with Gasteiger partial charge in [0.05, 0.1) is 18.2 Å². The van der Waals surface area contributed by atoms with Crippen LogP contribution in [0.15, 0.2) is 42.5 Å². The minimum atomic E-state index is -0.230. The van der Waals surface area contributed by atoms with E-state index in [9.17, 15) is 9.18 Å². The maximum absolute atomic E-state index is 14.8. The molecule has 1 unspecified atom stereocenters. The summed E-state index contributed by atoms with van der Waals surface area (Å²) in [5.74, 6) is 0.990. The molecule has 6 nitrogen and oxygen atoms in total. The van der Waals surface area contributed by atoms with Crippen LogP contribution in [0.1, 0.15) is 62.1 Å². The molecule has 3 aliphatic rings. The summed E-state index contributed by atoms with van der Waals surface area (Å²) in [5.41, 5.74) is 2.76. The number of fused-ring (bicyclic) bond motifs is 1. The van der Waals surface area contributed by atoms with Crippen molar-refractivity contribution in [3.63, 3.8) is 0 Å². The fourth-order valence-corrected chi connectivity index (χ4v) is 7.61. The highest BCUT2D eigenvalue weighted by atomic mass is 19.1. The standard InChI is InChI=1S/C32H40FN3O3/c1-23(37)39-31-6-3-5-29(31)32(22-35(2)21-25-9-10-27(33)19-30(25)32)26-13-16-36(17-14-26)15-4-18-38-28-11-7-24(20-34)8-12-28/h7-12,19,26,29,31H,3-6,13-18,21-22H2,1-2H3/t29-,31-,32?/m0/s1. The molecule has 2 heterocycles. The number of halogens is 1. The summed E-state index contributed by atoms with van der Waals surface area (Å²) in [6.45, 7) is 6.81. The molecule has 0 spiro atoms. The number of hydrogen-bond donors (Lipinski definition) is 0. The van der Waals surface area contributed by atoms with Crippen molar-refractivity contribution in [2.75, 3.05) is 39.8 Å². The highest BCUT2D eigenvalue weighted by Gasteiger charge is 2.55. The molecule has 1 saturated heterocycles. The molecule has 208 valence electrons. The third kappa shape index (κ3) is 5.97. The van der Waals surface area contributed by atoms with Crippen molar-refractivity contribution in [3.8, 4) is 11.8 Å². The maximum Gasteiger partial charge on any atom is 0.302 e. The summed E-state index contributed by atoms with van der Waals surface area (Å²) in [6, 6.07) is 14.7. The highest BCUT2D eigenvalue weighted by Crippen LogP contribution is 2.54. The molecule has 1 aliphatic carbocycles. The number of rotatable bonds is 8. The number of carbonyl (C=O) groups is 1. The Hall–Kier alpha value is -2.95. The second-order valence-corrected chi connectivity index (χ2v) is 11.7. The quantitative estimate of drug-likeness (QED) is 0.339. The number of nitriles is 1. The SMILES string of the molecule is CC(=O)O[C@H]1CCC[C@@H]1C1(C2CCN(CCCOc3ccc(C#N)cc3)CC2)CN(C)Cc2ccc(F)cc21. The number of benzene rings is 2. The minimum absolute atomic E-state index is 0.109. The predicted molar refractivity (Wildman–Crippen MR) is 148 cm³/mol. The van der Waals surface area contributed by atoms with Crippen LogP contribution < -0.4 is 4.74 Å². The van der Waals surface area contributed by atoms with Gasteiger partial charge in [0.1, 0.15) is 17.7 Å². The Morgan fingerprint density at radius 2 is 1.90 bits per heavy atom. The normalized spacial score (nSPS) is 26.1. The van der Waals surface area contributed by atoms with Gasteiger partial charge in [0.15, 0.2) is 0 Å². The molecule has 2 fully saturated rings. The summed E-state index contributed by atoms with van der Waals surface area (Å²) in [5, 5.41) is 8.95. The molecule has 3 atom stereocenters. The van der Waals surface area contributed by atoms with Crippen LogP contribution in [0.2, 0.25) is 0 Å². The lowest BCUT2D eigenvalue weighted by molar-refractivity contribution is -0.150. The van der Waals surface area contributed by atoms with Crippen LogP contribution in [0, 0.1) is 29.0 Å². The molecule has 5 rings (SSSR count). The maximum atomic E-state index is 14.8. The lowest BCUT2D eigenvalue weighted by atomic mass is 9.56. The van der Waals surface area contributed by atoms with Gasteiger partial charge in [-0.2, -0.15) is 5.26 Å². The van der Waals surface area contributed by atoms with E-state index >= 15 is 0 Å². The number of esters is 1. The Kier molecular flexibility index (Phi) is 8.54. The van der Waals surface area contributed by atoms with E-state index in [2.05, 4.69) is 22.9 Å². The van der Waals surface area contributed by atoms with Crippen LogP contribution in [0.5, 0.6) is 5.75 Å². The highest BCUT2D eigenvalue weighted by molar-refractivity contribution is 5.66. The molecule has 1 saturated carbocycles. The van der Waals surface area contributed by atoms with Crippen molar-refractivity contribution in [1.82, 2.24) is 9.80 Å². The summed E-state index contributed by atoms with van der Waals surface area (Å²) >= 11 is 0. The molecule has 0 radical (unpaired) electrons. The molecule has 2 aliphatic heterocycles. The lowest BCUT2D eigenvalue weighted by Crippen LogP contribution is -2.57. The van der Waals surface area contributed by atoms with Gasteiger partial charge in [0.25, 0.3) is 0 Å². The minimum Gasteiger partial charge on any atom is -0.494 e. The monoisotopic (exact) mass is 533 g/mol. The predicted octanol–water partition coefficient (Wildman–Crippen LogP) is 5.29. The van der Waals surface area contributed by atoms with Gasteiger partial charge < -0.3 is 19.3 Å². The Labute approximate surface area is 231 Å². The van der Waals surface area contributed by atoms with E-state index in [1.807, 2.05) is 18.2 Å². The molecule has 7 heteroatoms. The van der Waals surface area contributed by atoms with E-state index in [0.717, 1.165) is 82.6 Å². The Balaban J connectivity index is 1.29. The molecule has 0 amide bonds. The third-order valence-electron chi connectivity index (χ3n) is 9.16. The molecule has 0 N–H and O–H groups in total. The van der Waals surface area contributed by atoms with Gasteiger partial charge in [-0.05, 0) is 112 Å². The first kappa shape index (κ1) is 27.6. The topological polar surface area (TPSA) is 65.8 Å². The molecule has 0 bridgehead atoms. The number of ether oxygens (including phenoxy) is 2. The first-order valence-electron chi connectivity index (χ1n) is 14.4. The fraction of sp³-hybridized carbons (Fsp3) is 0.562. The van der Waals surface area contributed by atoms with E-state index < -0.39 is 0 Å². The van der Waals surface area contributed by atoms with E-state index in [4.69, 9.17) is 14.7 Å².